The van der Waals surface area contributed by atoms with E-state index in [0.29, 0.717) is 22.4 Å². The number of imidazole rings is 1. The largest absolute Gasteiger partial charge is 0.425 e. The van der Waals surface area contributed by atoms with Crippen LogP contribution in [0.5, 0.6) is 0 Å². The number of hydrogen-bond acceptors (Lipinski definition) is 4. The lowest BCUT2D eigenvalue weighted by Gasteiger charge is -2.03. The first kappa shape index (κ1) is 13.3. The fourth-order valence-electron chi connectivity index (χ4n) is 1.85. The minimum atomic E-state index is -0.0631. The lowest BCUT2D eigenvalue weighted by atomic mass is 10.2. The maximum atomic E-state index is 9.33. The summed E-state index contributed by atoms with van der Waals surface area (Å²) in [6, 6.07) is 9.94. The molecule has 0 spiro atoms. The number of fused-ring (bicyclic) bond motifs is 1. The minimum absolute atomic E-state index is 0. The molecular formula is C12H12BrN5O. The highest BCUT2D eigenvalue weighted by atomic mass is 79.9. The topological polar surface area (TPSA) is 79.7 Å². The van der Waals surface area contributed by atoms with Crippen molar-refractivity contribution in [3.63, 3.8) is 0 Å². The van der Waals surface area contributed by atoms with Crippen molar-refractivity contribution in [3.05, 3.63) is 54.0 Å². The van der Waals surface area contributed by atoms with E-state index in [0.717, 1.165) is 5.56 Å². The summed E-state index contributed by atoms with van der Waals surface area (Å²) >= 11 is 0. The van der Waals surface area contributed by atoms with Crippen molar-refractivity contribution in [2.45, 2.75) is 6.54 Å². The summed E-state index contributed by atoms with van der Waals surface area (Å²) in [6.07, 6.45) is 2.83. The van der Waals surface area contributed by atoms with E-state index in [1.807, 2.05) is 34.9 Å². The second-order valence-electron chi connectivity index (χ2n) is 3.97. The van der Waals surface area contributed by atoms with E-state index in [-0.39, 0.29) is 22.5 Å². The normalized spacial score (nSPS) is 10.3. The van der Waals surface area contributed by atoms with Crippen molar-refractivity contribution in [2.75, 3.05) is 0 Å². The standard InChI is InChI=1S/C12H11N5O.BrH/c13-11-10-12(15-8-17(11)18)16(7-14-10)6-9-4-2-1-3-5-9;/h1-5,7-8,13,18H,6H2;1H. The van der Waals surface area contributed by atoms with Crippen LogP contribution < -0.4 is 5.49 Å². The van der Waals surface area contributed by atoms with Crippen molar-refractivity contribution in [1.82, 2.24) is 19.3 Å². The molecule has 7 heteroatoms. The maximum Gasteiger partial charge on any atom is 0.192 e. The highest BCUT2D eigenvalue weighted by Gasteiger charge is 2.07. The molecule has 0 aliphatic heterocycles. The Labute approximate surface area is 119 Å². The number of benzene rings is 1. The Balaban J connectivity index is 0.00000133. The Bertz CT molecular complexity index is 750. The van der Waals surface area contributed by atoms with Crippen LogP contribution in [0.2, 0.25) is 0 Å². The Hall–Kier alpha value is -2.15. The maximum absolute atomic E-state index is 9.33. The quantitative estimate of drug-likeness (QED) is 0.703. The van der Waals surface area contributed by atoms with Crippen LogP contribution in [0, 0.1) is 5.41 Å². The minimum Gasteiger partial charge on any atom is -0.425 e. The first-order valence-corrected chi connectivity index (χ1v) is 5.46. The number of hydrogen-bond donors (Lipinski definition) is 2. The first-order valence-electron chi connectivity index (χ1n) is 5.46. The molecule has 3 aromatic rings. The Morgan fingerprint density at radius 1 is 1.11 bits per heavy atom. The Morgan fingerprint density at radius 3 is 2.58 bits per heavy atom. The SMILES string of the molecule is Br.N=c1c2ncn(Cc3ccccc3)c2ncn1O. The van der Waals surface area contributed by atoms with Crippen LogP contribution in [-0.4, -0.2) is 24.5 Å². The zero-order valence-corrected chi connectivity index (χ0v) is 11.6. The van der Waals surface area contributed by atoms with Gasteiger partial charge in [0, 0.05) is 0 Å². The molecule has 0 atom stereocenters. The molecule has 98 valence electrons. The van der Waals surface area contributed by atoms with Gasteiger partial charge in [-0.05, 0) is 5.56 Å². The molecule has 0 bridgehead atoms. The molecular weight excluding hydrogens is 310 g/mol. The van der Waals surface area contributed by atoms with Crippen molar-refractivity contribution in [2.24, 2.45) is 0 Å². The van der Waals surface area contributed by atoms with Gasteiger partial charge in [-0.3, -0.25) is 5.41 Å². The second kappa shape index (κ2) is 5.23. The zero-order chi connectivity index (χ0) is 12.5. The summed E-state index contributed by atoms with van der Waals surface area (Å²) in [6.45, 7) is 0.638. The van der Waals surface area contributed by atoms with Crippen LogP contribution >= 0.6 is 17.0 Å². The summed E-state index contributed by atoms with van der Waals surface area (Å²) in [4.78, 5) is 8.20. The first-order chi connectivity index (χ1) is 8.75. The van der Waals surface area contributed by atoms with Crippen LogP contribution in [0.1, 0.15) is 5.56 Å². The van der Waals surface area contributed by atoms with E-state index < -0.39 is 0 Å². The van der Waals surface area contributed by atoms with Gasteiger partial charge in [0.2, 0.25) is 0 Å². The van der Waals surface area contributed by atoms with E-state index in [1.54, 1.807) is 6.33 Å². The molecule has 0 saturated carbocycles. The fourth-order valence-corrected chi connectivity index (χ4v) is 1.85. The highest BCUT2D eigenvalue weighted by Crippen LogP contribution is 2.08. The average molecular weight is 322 g/mol. The third-order valence-corrected chi connectivity index (χ3v) is 2.75. The average Bonchev–Trinajstić information content (AvgIpc) is 2.79. The molecule has 2 aromatic heterocycles. The van der Waals surface area contributed by atoms with E-state index in [2.05, 4.69) is 9.97 Å². The molecule has 0 amide bonds. The second-order valence-corrected chi connectivity index (χ2v) is 3.97. The van der Waals surface area contributed by atoms with Gasteiger partial charge < -0.3 is 9.77 Å². The highest BCUT2D eigenvalue weighted by molar-refractivity contribution is 8.93. The molecule has 3 rings (SSSR count). The van der Waals surface area contributed by atoms with E-state index in [4.69, 9.17) is 5.41 Å². The predicted octanol–water partition coefficient (Wildman–Crippen LogP) is 1.58. The Morgan fingerprint density at radius 2 is 1.84 bits per heavy atom. The monoisotopic (exact) mass is 321 g/mol. The van der Waals surface area contributed by atoms with Gasteiger partial charge in [0.15, 0.2) is 16.7 Å². The van der Waals surface area contributed by atoms with E-state index in [1.165, 1.54) is 6.33 Å². The molecule has 0 aliphatic carbocycles. The van der Waals surface area contributed by atoms with Crippen LogP contribution in [0.15, 0.2) is 43.0 Å². The molecule has 2 N–H and O–H groups in total. The number of rotatable bonds is 2. The number of nitrogens with zero attached hydrogens (tertiary/aromatic N) is 4. The third kappa shape index (κ3) is 2.37. The van der Waals surface area contributed by atoms with Gasteiger partial charge in [0.05, 0.1) is 12.9 Å². The van der Waals surface area contributed by atoms with Gasteiger partial charge >= 0.3 is 0 Å². The fraction of sp³-hybridized carbons (Fsp3) is 0.0833. The van der Waals surface area contributed by atoms with E-state index >= 15 is 0 Å². The van der Waals surface area contributed by atoms with Crippen molar-refractivity contribution in [1.29, 1.82) is 5.41 Å². The number of halogens is 1. The summed E-state index contributed by atoms with van der Waals surface area (Å²) in [5.74, 6) is 0. The van der Waals surface area contributed by atoms with Crippen LogP contribution in [-0.2, 0) is 6.54 Å². The van der Waals surface area contributed by atoms with Crippen LogP contribution in [0.3, 0.4) is 0 Å². The van der Waals surface area contributed by atoms with Gasteiger partial charge in [0.1, 0.15) is 6.33 Å². The van der Waals surface area contributed by atoms with Gasteiger partial charge in [-0.2, -0.15) is 4.73 Å². The molecule has 1 aromatic carbocycles. The summed E-state index contributed by atoms with van der Waals surface area (Å²) in [7, 11) is 0. The predicted molar refractivity (Wildman–Crippen MR) is 74.4 cm³/mol. The van der Waals surface area contributed by atoms with E-state index in [9.17, 15) is 5.21 Å². The molecule has 0 unspecified atom stereocenters. The molecule has 6 nitrogen and oxygen atoms in total. The summed E-state index contributed by atoms with van der Waals surface area (Å²) in [5, 5.41) is 17.0. The lowest BCUT2D eigenvalue weighted by molar-refractivity contribution is 0.168. The smallest absolute Gasteiger partial charge is 0.192 e. The molecule has 19 heavy (non-hydrogen) atoms. The third-order valence-electron chi connectivity index (χ3n) is 2.75. The van der Waals surface area contributed by atoms with Gasteiger partial charge in [-0.15, -0.1) is 17.0 Å². The summed E-state index contributed by atoms with van der Waals surface area (Å²) in [5.41, 5.74) is 2.04. The van der Waals surface area contributed by atoms with Crippen molar-refractivity contribution in [3.8, 4) is 0 Å². The molecule has 0 fully saturated rings. The molecule has 0 saturated heterocycles. The number of nitrogens with one attached hydrogen (secondary N) is 1. The van der Waals surface area contributed by atoms with Crippen molar-refractivity contribution < 1.29 is 5.21 Å². The zero-order valence-electron chi connectivity index (χ0n) is 9.89. The number of aromatic nitrogens is 4. The van der Waals surface area contributed by atoms with Crippen LogP contribution in [0.4, 0.5) is 0 Å². The molecule has 0 radical (unpaired) electrons. The molecule has 0 aliphatic rings. The Kier molecular flexibility index (Phi) is 3.66. The van der Waals surface area contributed by atoms with Gasteiger partial charge in [0.25, 0.3) is 0 Å². The van der Waals surface area contributed by atoms with Crippen molar-refractivity contribution >= 4 is 28.1 Å². The van der Waals surface area contributed by atoms with Gasteiger partial charge in [-0.25, -0.2) is 9.97 Å². The van der Waals surface area contributed by atoms with Gasteiger partial charge in [-0.1, -0.05) is 30.3 Å². The molecule has 2 heterocycles. The lowest BCUT2D eigenvalue weighted by Crippen LogP contribution is -2.18. The summed E-state index contributed by atoms with van der Waals surface area (Å²) < 4.78 is 2.50. The van der Waals surface area contributed by atoms with Crippen LogP contribution in [0.25, 0.3) is 11.2 Å².